The molecule has 2 fully saturated rings. The summed E-state index contributed by atoms with van der Waals surface area (Å²) in [6, 6.07) is 0. The molecule has 0 aliphatic carbocycles. The number of fused-ring (bicyclic) bond motifs is 2. The van der Waals surface area contributed by atoms with Crippen LogP contribution in [0.3, 0.4) is 0 Å². The van der Waals surface area contributed by atoms with Crippen LogP contribution in [-0.4, -0.2) is 39.7 Å². The predicted molar refractivity (Wildman–Crippen MR) is 79.3 cm³/mol. The summed E-state index contributed by atoms with van der Waals surface area (Å²) in [4.78, 5) is 16.2. The van der Waals surface area contributed by atoms with Crippen molar-refractivity contribution < 1.29 is 19.0 Å². The number of carbonyl (C=O) groups is 1. The molecule has 3 heterocycles. The monoisotopic (exact) mass is 308 g/mol. The highest BCUT2D eigenvalue weighted by molar-refractivity contribution is 5.70. The maximum atomic E-state index is 12.3. The Morgan fingerprint density at radius 1 is 1.50 bits per heavy atom. The van der Waals surface area contributed by atoms with Gasteiger partial charge in [0, 0.05) is 24.2 Å². The molecular weight excluding hydrogens is 284 g/mol. The van der Waals surface area contributed by atoms with Gasteiger partial charge in [-0.05, 0) is 19.8 Å². The van der Waals surface area contributed by atoms with E-state index in [9.17, 15) is 4.79 Å². The Labute approximate surface area is 130 Å². The van der Waals surface area contributed by atoms with Gasteiger partial charge in [-0.2, -0.15) is 0 Å². The molecule has 2 aliphatic heterocycles. The SMILES string of the molecule is CC[C@@]12OC[C@H](C)[C@@H](O1)[C@](C)(OC(=O)n1ccnc1)C[C@H]2C. The van der Waals surface area contributed by atoms with Crippen molar-refractivity contribution in [1.82, 2.24) is 9.55 Å². The highest BCUT2D eigenvalue weighted by Gasteiger charge is 2.58. The van der Waals surface area contributed by atoms with Crippen molar-refractivity contribution in [3.05, 3.63) is 18.7 Å². The Kier molecular flexibility index (Phi) is 3.77. The fourth-order valence-electron chi connectivity index (χ4n) is 3.84. The van der Waals surface area contributed by atoms with E-state index in [0.29, 0.717) is 6.61 Å². The minimum Gasteiger partial charge on any atom is -0.440 e. The van der Waals surface area contributed by atoms with E-state index in [4.69, 9.17) is 14.2 Å². The Bertz CT molecular complexity index is 546. The number of rotatable bonds is 2. The third-order valence-electron chi connectivity index (χ3n) is 5.03. The third-order valence-corrected chi connectivity index (χ3v) is 5.03. The summed E-state index contributed by atoms with van der Waals surface area (Å²) in [5.41, 5.74) is -0.664. The second-order valence-corrected chi connectivity index (χ2v) is 6.75. The van der Waals surface area contributed by atoms with E-state index in [1.165, 1.54) is 10.9 Å². The minimum atomic E-state index is -0.664. The first-order chi connectivity index (χ1) is 10.4. The number of aromatic nitrogens is 2. The maximum absolute atomic E-state index is 12.3. The van der Waals surface area contributed by atoms with Gasteiger partial charge in [-0.1, -0.05) is 20.8 Å². The fraction of sp³-hybridized carbons (Fsp3) is 0.750. The normalized spacial score (nSPS) is 41.2. The summed E-state index contributed by atoms with van der Waals surface area (Å²) in [5.74, 6) is -0.215. The first-order valence-electron chi connectivity index (χ1n) is 7.93. The molecule has 6 nitrogen and oxygen atoms in total. The first-order valence-corrected chi connectivity index (χ1v) is 7.93. The predicted octanol–water partition coefficient (Wildman–Crippen LogP) is 2.82. The molecule has 0 spiro atoms. The van der Waals surface area contributed by atoms with Gasteiger partial charge in [0.1, 0.15) is 18.0 Å². The van der Waals surface area contributed by atoms with E-state index < -0.39 is 17.5 Å². The molecule has 122 valence electrons. The third kappa shape index (κ3) is 2.34. The van der Waals surface area contributed by atoms with Crippen LogP contribution in [0.1, 0.15) is 40.5 Å². The standard InChI is InChI=1S/C16H24N2O4/c1-5-16-12(3)8-15(4,13(21-16)11(2)9-20-16)22-14(19)18-7-6-17-10-18/h6-7,10-13H,5,8-9H2,1-4H3/t11-,12+,13+,15+,16+/m0/s1. The smallest absolute Gasteiger partial charge is 0.419 e. The van der Waals surface area contributed by atoms with Crippen LogP contribution < -0.4 is 0 Å². The van der Waals surface area contributed by atoms with Gasteiger partial charge in [0.15, 0.2) is 5.79 Å². The van der Waals surface area contributed by atoms with Gasteiger partial charge in [0.2, 0.25) is 0 Å². The van der Waals surface area contributed by atoms with Gasteiger partial charge in [0.05, 0.1) is 6.61 Å². The number of hydrogen-bond acceptors (Lipinski definition) is 5. The van der Waals surface area contributed by atoms with Gasteiger partial charge in [-0.25, -0.2) is 14.3 Å². The molecule has 6 heteroatoms. The maximum Gasteiger partial charge on any atom is 0.419 e. The summed E-state index contributed by atoms with van der Waals surface area (Å²) >= 11 is 0. The molecule has 3 rings (SSSR count). The highest BCUT2D eigenvalue weighted by atomic mass is 16.7. The summed E-state index contributed by atoms with van der Waals surface area (Å²) in [6.07, 6.45) is 5.52. The van der Waals surface area contributed by atoms with Crippen LogP contribution in [-0.2, 0) is 14.2 Å². The van der Waals surface area contributed by atoms with Crippen molar-refractivity contribution in [2.45, 2.75) is 58.0 Å². The van der Waals surface area contributed by atoms with Crippen molar-refractivity contribution in [2.75, 3.05) is 6.61 Å². The molecule has 0 aromatic carbocycles. The van der Waals surface area contributed by atoms with Crippen molar-refractivity contribution in [3.63, 3.8) is 0 Å². The van der Waals surface area contributed by atoms with Crippen molar-refractivity contribution >= 4 is 6.09 Å². The molecule has 0 unspecified atom stereocenters. The Hall–Kier alpha value is -1.40. The van der Waals surface area contributed by atoms with E-state index in [1.807, 2.05) is 6.92 Å². The van der Waals surface area contributed by atoms with E-state index >= 15 is 0 Å². The lowest BCUT2D eigenvalue weighted by Crippen LogP contribution is -2.66. The number of ether oxygens (including phenoxy) is 3. The molecular formula is C16H24N2O4. The molecule has 1 aromatic heterocycles. The van der Waals surface area contributed by atoms with Crippen LogP contribution in [0.15, 0.2) is 18.7 Å². The van der Waals surface area contributed by atoms with Crippen LogP contribution in [0.2, 0.25) is 0 Å². The molecule has 0 N–H and O–H groups in total. The number of imidazole rings is 1. The van der Waals surface area contributed by atoms with E-state index in [0.717, 1.165) is 12.8 Å². The van der Waals surface area contributed by atoms with Crippen LogP contribution in [0.4, 0.5) is 4.79 Å². The molecule has 2 bridgehead atoms. The largest absolute Gasteiger partial charge is 0.440 e. The van der Waals surface area contributed by atoms with Crippen LogP contribution in [0.25, 0.3) is 0 Å². The second-order valence-electron chi connectivity index (χ2n) is 6.75. The quantitative estimate of drug-likeness (QED) is 0.840. The molecule has 5 atom stereocenters. The highest BCUT2D eigenvalue weighted by Crippen LogP contribution is 2.49. The van der Waals surface area contributed by atoms with E-state index in [2.05, 4.69) is 25.8 Å². The average molecular weight is 308 g/mol. The topological polar surface area (TPSA) is 62.6 Å². The summed E-state index contributed by atoms with van der Waals surface area (Å²) in [6.45, 7) is 8.83. The molecule has 1 aromatic rings. The van der Waals surface area contributed by atoms with Gasteiger partial charge in [-0.3, -0.25) is 0 Å². The number of carbonyl (C=O) groups excluding carboxylic acids is 1. The molecule has 22 heavy (non-hydrogen) atoms. The molecule has 0 saturated carbocycles. The Morgan fingerprint density at radius 2 is 2.27 bits per heavy atom. The van der Waals surface area contributed by atoms with Gasteiger partial charge < -0.3 is 14.2 Å². The van der Waals surface area contributed by atoms with Gasteiger partial charge >= 0.3 is 6.09 Å². The summed E-state index contributed by atoms with van der Waals surface area (Å²) < 4.78 is 19.5. The lowest BCUT2D eigenvalue weighted by Gasteiger charge is -2.57. The summed E-state index contributed by atoms with van der Waals surface area (Å²) in [5, 5.41) is 0. The lowest BCUT2D eigenvalue weighted by atomic mass is 9.74. The second kappa shape index (κ2) is 5.35. The van der Waals surface area contributed by atoms with E-state index in [-0.39, 0.29) is 17.9 Å². The lowest BCUT2D eigenvalue weighted by molar-refractivity contribution is -0.383. The van der Waals surface area contributed by atoms with Crippen LogP contribution >= 0.6 is 0 Å². The molecule has 2 saturated heterocycles. The molecule has 0 radical (unpaired) electrons. The van der Waals surface area contributed by atoms with Crippen LogP contribution in [0, 0.1) is 11.8 Å². The van der Waals surface area contributed by atoms with Gasteiger partial charge in [0.25, 0.3) is 0 Å². The van der Waals surface area contributed by atoms with Crippen molar-refractivity contribution in [1.29, 1.82) is 0 Å². The zero-order chi connectivity index (χ0) is 16.0. The number of hydrogen-bond donors (Lipinski definition) is 0. The van der Waals surface area contributed by atoms with E-state index in [1.54, 1.807) is 12.4 Å². The zero-order valence-electron chi connectivity index (χ0n) is 13.6. The Morgan fingerprint density at radius 3 is 2.91 bits per heavy atom. The Balaban J connectivity index is 1.84. The van der Waals surface area contributed by atoms with Crippen molar-refractivity contribution in [3.8, 4) is 0 Å². The first kappa shape index (κ1) is 15.5. The van der Waals surface area contributed by atoms with Gasteiger partial charge in [-0.15, -0.1) is 0 Å². The minimum absolute atomic E-state index is 0.154. The zero-order valence-corrected chi connectivity index (χ0v) is 13.6. The molecule has 2 aliphatic rings. The fourth-order valence-corrected chi connectivity index (χ4v) is 3.84. The molecule has 0 amide bonds. The average Bonchev–Trinajstić information content (AvgIpc) is 3.01. The van der Waals surface area contributed by atoms with Crippen LogP contribution in [0.5, 0.6) is 0 Å². The van der Waals surface area contributed by atoms with Crippen molar-refractivity contribution in [2.24, 2.45) is 11.8 Å². The number of nitrogens with zero attached hydrogens (tertiary/aromatic N) is 2. The summed E-state index contributed by atoms with van der Waals surface area (Å²) in [7, 11) is 0.